The van der Waals surface area contributed by atoms with Crippen LogP contribution in [0.15, 0.2) is 48.8 Å². The molecule has 3 rings (SSSR count). The molecule has 148 valence electrons. The largest absolute Gasteiger partial charge is 0.497 e. The first-order chi connectivity index (χ1) is 13.7. The van der Waals surface area contributed by atoms with Crippen LogP contribution in [0.25, 0.3) is 0 Å². The van der Waals surface area contributed by atoms with Crippen molar-refractivity contribution in [3.05, 3.63) is 54.4 Å². The molecule has 1 aliphatic rings. The number of amides is 2. The maximum Gasteiger partial charge on any atom is 0.251 e. The molecule has 1 aromatic carbocycles. The summed E-state index contributed by atoms with van der Waals surface area (Å²) in [5.41, 5.74) is 1.69. The van der Waals surface area contributed by atoms with Gasteiger partial charge in [0.2, 0.25) is 5.91 Å². The molecule has 0 radical (unpaired) electrons. The normalized spacial score (nSPS) is 14.4. The van der Waals surface area contributed by atoms with Crippen molar-refractivity contribution >= 4 is 17.5 Å². The van der Waals surface area contributed by atoms with E-state index in [1.807, 2.05) is 24.5 Å². The van der Waals surface area contributed by atoms with Crippen molar-refractivity contribution in [2.45, 2.75) is 12.8 Å². The zero-order valence-electron chi connectivity index (χ0n) is 16.1. The van der Waals surface area contributed by atoms with Crippen LogP contribution in [0.2, 0.25) is 0 Å². The van der Waals surface area contributed by atoms with Gasteiger partial charge < -0.3 is 20.3 Å². The van der Waals surface area contributed by atoms with Crippen LogP contribution in [-0.4, -0.2) is 50.1 Å². The average Bonchev–Trinajstić information content (AvgIpc) is 2.77. The van der Waals surface area contributed by atoms with E-state index in [1.165, 1.54) is 5.69 Å². The molecule has 2 aromatic rings. The van der Waals surface area contributed by atoms with Gasteiger partial charge in [0.25, 0.3) is 5.91 Å². The Bertz CT molecular complexity index is 772. The van der Waals surface area contributed by atoms with Crippen molar-refractivity contribution < 1.29 is 14.3 Å². The topological polar surface area (TPSA) is 83.6 Å². The number of rotatable bonds is 7. The van der Waals surface area contributed by atoms with Gasteiger partial charge in [0.05, 0.1) is 13.7 Å². The van der Waals surface area contributed by atoms with E-state index < -0.39 is 0 Å². The van der Waals surface area contributed by atoms with Crippen LogP contribution >= 0.6 is 0 Å². The molecule has 2 amide bonds. The third-order valence-electron chi connectivity index (χ3n) is 4.99. The number of ether oxygens (including phenoxy) is 1. The Labute approximate surface area is 165 Å². The zero-order chi connectivity index (χ0) is 19.8. The summed E-state index contributed by atoms with van der Waals surface area (Å²) in [4.78, 5) is 30.5. The van der Waals surface area contributed by atoms with Crippen molar-refractivity contribution in [2.24, 2.45) is 5.92 Å². The molecule has 2 N–H and O–H groups in total. The summed E-state index contributed by atoms with van der Waals surface area (Å²) in [5, 5.41) is 5.58. The highest BCUT2D eigenvalue weighted by molar-refractivity contribution is 5.96. The van der Waals surface area contributed by atoms with Gasteiger partial charge in [-0.1, -0.05) is 0 Å². The Hall–Kier alpha value is -3.09. The lowest BCUT2D eigenvalue weighted by atomic mass is 9.96. The summed E-state index contributed by atoms with van der Waals surface area (Å²) >= 11 is 0. The Balaban J connectivity index is 1.35. The summed E-state index contributed by atoms with van der Waals surface area (Å²) in [6.45, 7) is 2.56. The molecule has 1 aromatic heterocycles. The molecule has 0 saturated carbocycles. The SMILES string of the molecule is COc1ccc(C(=O)NCC(=O)NCC2CCN(c3ccncc3)CC2)cc1. The summed E-state index contributed by atoms with van der Waals surface area (Å²) in [5.74, 6) is 0.700. The number of hydrogen-bond acceptors (Lipinski definition) is 5. The van der Waals surface area contributed by atoms with E-state index in [1.54, 1.807) is 31.4 Å². The zero-order valence-corrected chi connectivity index (χ0v) is 16.1. The van der Waals surface area contributed by atoms with Gasteiger partial charge in [0.15, 0.2) is 0 Å². The Morgan fingerprint density at radius 1 is 1.07 bits per heavy atom. The van der Waals surface area contributed by atoms with Gasteiger partial charge in [-0.2, -0.15) is 0 Å². The van der Waals surface area contributed by atoms with Crippen molar-refractivity contribution in [1.29, 1.82) is 0 Å². The minimum Gasteiger partial charge on any atom is -0.497 e. The standard InChI is InChI=1S/C21H26N4O3/c1-28-19-4-2-17(3-5-19)21(27)24-15-20(26)23-14-16-8-12-25(13-9-16)18-6-10-22-11-7-18/h2-7,10-11,16H,8-9,12-15H2,1H3,(H,23,26)(H,24,27). The van der Waals surface area contributed by atoms with Crippen LogP contribution in [0.1, 0.15) is 23.2 Å². The van der Waals surface area contributed by atoms with E-state index in [-0.39, 0.29) is 18.4 Å². The van der Waals surface area contributed by atoms with Gasteiger partial charge in [-0.3, -0.25) is 14.6 Å². The number of carbonyl (C=O) groups is 2. The molecule has 0 atom stereocenters. The summed E-state index contributed by atoms with van der Waals surface area (Å²) in [6.07, 6.45) is 5.67. The highest BCUT2D eigenvalue weighted by Gasteiger charge is 2.20. The quantitative estimate of drug-likeness (QED) is 0.764. The second-order valence-electron chi connectivity index (χ2n) is 6.85. The van der Waals surface area contributed by atoms with Crippen molar-refractivity contribution in [3.8, 4) is 5.75 Å². The monoisotopic (exact) mass is 382 g/mol. The second-order valence-corrected chi connectivity index (χ2v) is 6.85. The van der Waals surface area contributed by atoms with E-state index in [9.17, 15) is 9.59 Å². The van der Waals surface area contributed by atoms with Crippen LogP contribution in [0, 0.1) is 5.92 Å². The van der Waals surface area contributed by atoms with E-state index >= 15 is 0 Å². The number of piperidine rings is 1. The summed E-state index contributed by atoms with van der Waals surface area (Å²) < 4.78 is 5.07. The lowest BCUT2D eigenvalue weighted by Gasteiger charge is -2.33. The Morgan fingerprint density at radius 3 is 2.39 bits per heavy atom. The molecule has 0 spiro atoms. The maximum atomic E-state index is 12.1. The number of anilines is 1. The minimum absolute atomic E-state index is 0.0271. The van der Waals surface area contributed by atoms with Crippen LogP contribution in [0.5, 0.6) is 5.75 Å². The number of benzene rings is 1. The van der Waals surface area contributed by atoms with Crippen LogP contribution in [-0.2, 0) is 4.79 Å². The van der Waals surface area contributed by atoms with E-state index in [4.69, 9.17) is 4.74 Å². The number of nitrogens with one attached hydrogen (secondary N) is 2. The summed E-state index contributed by atoms with van der Waals surface area (Å²) in [6, 6.07) is 10.8. The number of methoxy groups -OCH3 is 1. The third-order valence-corrected chi connectivity index (χ3v) is 4.99. The molecule has 0 unspecified atom stereocenters. The highest BCUT2D eigenvalue weighted by Crippen LogP contribution is 2.22. The lowest BCUT2D eigenvalue weighted by molar-refractivity contribution is -0.120. The van der Waals surface area contributed by atoms with Gasteiger partial charge in [-0.25, -0.2) is 0 Å². The smallest absolute Gasteiger partial charge is 0.251 e. The fourth-order valence-corrected chi connectivity index (χ4v) is 3.28. The van der Waals surface area contributed by atoms with Crippen LogP contribution < -0.4 is 20.3 Å². The molecule has 0 aliphatic carbocycles. The highest BCUT2D eigenvalue weighted by atomic mass is 16.5. The number of carbonyl (C=O) groups excluding carboxylic acids is 2. The van der Waals surface area contributed by atoms with E-state index in [2.05, 4.69) is 20.5 Å². The Kier molecular flexibility index (Phi) is 6.84. The number of aromatic nitrogens is 1. The molecule has 7 heteroatoms. The lowest BCUT2D eigenvalue weighted by Crippen LogP contribution is -2.42. The minimum atomic E-state index is -0.275. The number of nitrogens with zero attached hydrogens (tertiary/aromatic N) is 2. The predicted octanol–water partition coefficient (Wildman–Crippen LogP) is 1.85. The predicted molar refractivity (Wildman–Crippen MR) is 108 cm³/mol. The van der Waals surface area contributed by atoms with Gasteiger partial charge in [-0.05, 0) is 55.2 Å². The summed E-state index contributed by atoms with van der Waals surface area (Å²) in [7, 11) is 1.57. The number of hydrogen-bond donors (Lipinski definition) is 2. The fraction of sp³-hybridized carbons (Fsp3) is 0.381. The van der Waals surface area contributed by atoms with Crippen LogP contribution in [0.4, 0.5) is 5.69 Å². The maximum absolute atomic E-state index is 12.1. The van der Waals surface area contributed by atoms with Crippen molar-refractivity contribution in [2.75, 3.05) is 38.2 Å². The number of pyridine rings is 1. The second kappa shape index (κ2) is 9.73. The molecule has 1 fully saturated rings. The molecule has 2 heterocycles. The molecule has 7 nitrogen and oxygen atoms in total. The third kappa shape index (κ3) is 5.45. The van der Waals surface area contributed by atoms with Gasteiger partial charge in [0, 0.05) is 43.3 Å². The molecular formula is C21H26N4O3. The fourth-order valence-electron chi connectivity index (χ4n) is 3.28. The van der Waals surface area contributed by atoms with Crippen LogP contribution in [0.3, 0.4) is 0 Å². The van der Waals surface area contributed by atoms with Crippen molar-refractivity contribution in [3.63, 3.8) is 0 Å². The molecule has 28 heavy (non-hydrogen) atoms. The van der Waals surface area contributed by atoms with Gasteiger partial charge >= 0.3 is 0 Å². The first-order valence-electron chi connectivity index (χ1n) is 9.49. The van der Waals surface area contributed by atoms with Crippen molar-refractivity contribution in [1.82, 2.24) is 15.6 Å². The Morgan fingerprint density at radius 2 is 1.75 bits per heavy atom. The first-order valence-corrected chi connectivity index (χ1v) is 9.49. The average molecular weight is 382 g/mol. The van der Waals surface area contributed by atoms with Gasteiger partial charge in [0.1, 0.15) is 5.75 Å². The first kappa shape index (κ1) is 19.7. The van der Waals surface area contributed by atoms with E-state index in [0.717, 1.165) is 25.9 Å². The molecule has 1 aliphatic heterocycles. The van der Waals surface area contributed by atoms with E-state index in [0.29, 0.717) is 23.8 Å². The molecule has 0 bridgehead atoms. The van der Waals surface area contributed by atoms with Gasteiger partial charge in [-0.15, -0.1) is 0 Å². The molecule has 1 saturated heterocycles. The molecular weight excluding hydrogens is 356 g/mol.